The lowest BCUT2D eigenvalue weighted by Crippen LogP contribution is -2.39. The van der Waals surface area contributed by atoms with Crippen molar-refractivity contribution in [2.24, 2.45) is 0 Å². The Labute approximate surface area is 122 Å². The third kappa shape index (κ3) is 3.39. The highest BCUT2D eigenvalue weighted by Gasteiger charge is 2.22. The Bertz CT molecular complexity index is 641. The third-order valence-corrected chi connectivity index (χ3v) is 2.98. The molecule has 5 heteroatoms. The fourth-order valence-corrected chi connectivity index (χ4v) is 1.93. The number of nitrogens with zero attached hydrogens (tertiary/aromatic N) is 1. The summed E-state index contributed by atoms with van der Waals surface area (Å²) in [7, 11) is 0. The van der Waals surface area contributed by atoms with Crippen molar-refractivity contribution in [3.8, 4) is 5.75 Å². The number of amides is 2. The number of rotatable bonds is 3. The number of phenols is 1. The zero-order valence-corrected chi connectivity index (χ0v) is 11.6. The van der Waals surface area contributed by atoms with E-state index in [1.807, 2.05) is 6.07 Å². The fraction of sp³-hybridized carbons (Fsp3) is 0.125. The van der Waals surface area contributed by atoms with E-state index in [1.165, 1.54) is 17.0 Å². The Morgan fingerprint density at radius 2 is 1.67 bits per heavy atom. The van der Waals surface area contributed by atoms with Gasteiger partial charge in [0, 0.05) is 12.2 Å². The molecule has 2 N–H and O–H groups in total. The molecule has 2 aromatic rings. The van der Waals surface area contributed by atoms with Gasteiger partial charge in [-0.3, -0.25) is 9.59 Å². The lowest BCUT2D eigenvalue weighted by molar-refractivity contribution is -0.134. The van der Waals surface area contributed by atoms with Crippen LogP contribution in [0.4, 0.5) is 11.4 Å². The van der Waals surface area contributed by atoms with Crippen LogP contribution in [0, 0.1) is 0 Å². The Morgan fingerprint density at radius 1 is 1.05 bits per heavy atom. The molecule has 0 aliphatic heterocycles. The average molecular weight is 284 g/mol. The normalized spacial score (nSPS) is 9.95. The number of likely N-dealkylation sites (N-methyl/N-ethyl adjacent to an activating group) is 1. The number of nitrogens with one attached hydrogen (secondary N) is 1. The van der Waals surface area contributed by atoms with Crippen LogP contribution in [0.15, 0.2) is 54.6 Å². The average Bonchev–Trinajstić information content (AvgIpc) is 2.51. The van der Waals surface area contributed by atoms with Crippen molar-refractivity contribution in [3.63, 3.8) is 0 Å². The van der Waals surface area contributed by atoms with E-state index in [0.717, 1.165) is 0 Å². The summed E-state index contributed by atoms with van der Waals surface area (Å²) in [5, 5.41) is 12.0. The molecule has 0 atom stereocenters. The number of aromatic hydroxyl groups is 1. The zero-order chi connectivity index (χ0) is 15.2. The van der Waals surface area contributed by atoms with E-state index in [1.54, 1.807) is 43.3 Å². The zero-order valence-electron chi connectivity index (χ0n) is 11.6. The molecule has 0 spiro atoms. The van der Waals surface area contributed by atoms with Crippen LogP contribution in [0.5, 0.6) is 5.75 Å². The molecule has 108 valence electrons. The van der Waals surface area contributed by atoms with Crippen molar-refractivity contribution in [1.82, 2.24) is 0 Å². The number of carbonyl (C=O) groups excluding carboxylic acids is 2. The predicted molar refractivity (Wildman–Crippen MR) is 81.2 cm³/mol. The highest BCUT2D eigenvalue weighted by atomic mass is 16.3. The molecule has 5 nitrogen and oxygen atoms in total. The molecule has 21 heavy (non-hydrogen) atoms. The van der Waals surface area contributed by atoms with E-state index >= 15 is 0 Å². The minimum Gasteiger partial charge on any atom is -0.506 e. The number of anilines is 2. The second-order valence-corrected chi connectivity index (χ2v) is 4.36. The van der Waals surface area contributed by atoms with Crippen LogP contribution in [-0.4, -0.2) is 23.5 Å². The lowest BCUT2D eigenvalue weighted by atomic mass is 10.2. The number of carbonyl (C=O) groups is 2. The summed E-state index contributed by atoms with van der Waals surface area (Å²) in [6.45, 7) is 2.16. The smallest absolute Gasteiger partial charge is 0.316 e. The van der Waals surface area contributed by atoms with Gasteiger partial charge in [0.05, 0.1) is 5.69 Å². The molecule has 0 fully saturated rings. The summed E-state index contributed by atoms with van der Waals surface area (Å²) in [5.41, 5.74) is 0.859. The van der Waals surface area contributed by atoms with Crippen LogP contribution >= 0.6 is 0 Å². The van der Waals surface area contributed by atoms with Gasteiger partial charge >= 0.3 is 11.8 Å². The van der Waals surface area contributed by atoms with Gasteiger partial charge in [-0.25, -0.2) is 0 Å². The number of phenolic OH excluding ortho intramolecular Hbond substituents is 1. The maximum atomic E-state index is 12.2. The van der Waals surface area contributed by atoms with Gasteiger partial charge < -0.3 is 15.3 Å². The van der Waals surface area contributed by atoms with Crippen LogP contribution in [0.2, 0.25) is 0 Å². The molecule has 0 heterocycles. The number of para-hydroxylation sites is 3. The topological polar surface area (TPSA) is 69.6 Å². The maximum absolute atomic E-state index is 12.2. The second kappa shape index (κ2) is 6.56. The Kier molecular flexibility index (Phi) is 4.56. The van der Waals surface area contributed by atoms with Crippen molar-refractivity contribution in [2.75, 3.05) is 16.8 Å². The Balaban J connectivity index is 2.15. The first-order valence-electron chi connectivity index (χ1n) is 6.59. The van der Waals surface area contributed by atoms with Crippen molar-refractivity contribution >= 4 is 23.2 Å². The van der Waals surface area contributed by atoms with Gasteiger partial charge in [0.15, 0.2) is 0 Å². The molecule has 0 aliphatic carbocycles. The van der Waals surface area contributed by atoms with Gasteiger partial charge in [-0.2, -0.15) is 0 Å². The standard InChI is InChI=1S/C16H16N2O3/c1-2-18(12-8-4-3-5-9-12)16(21)15(20)17-13-10-6-7-11-14(13)19/h3-11,19H,2H2,1H3,(H,17,20). The molecule has 0 saturated heterocycles. The Morgan fingerprint density at radius 3 is 2.29 bits per heavy atom. The van der Waals surface area contributed by atoms with Crippen molar-refractivity contribution < 1.29 is 14.7 Å². The van der Waals surface area contributed by atoms with E-state index < -0.39 is 11.8 Å². The van der Waals surface area contributed by atoms with Gasteiger partial charge in [-0.05, 0) is 31.2 Å². The molecule has 0 aliphatic rings. The van der Waals surface area contributed by atoms with Crippen LogP contribution in [-0.2, 0) is 9.59 Å². The van der Waals surface area contributed by atoms with Crippen LogP contribution in [0.3, 0.4) is 0 Å². The third-order valence-electron chi connectivity index (χ3n) is 2.98. The second-order valence-electron chi connectivity index (χ2n) is 4.36. The highest BCUT2D eigenvalue weighted by Crippen LogP contribution is 2.22. The first-order valence-corrected chi connectivity index (χ1v) is 6.59. The van der Waals surface area contributed by atoms with Gasteiger partial charge in [0.25, 0.3) is 0 Å². The van der Waals surface area contributed by atoms with Crippen molar-refractivity contribution in [2.45, 2.75) is 6.92 Å². The number of hydrogen-bond donors (Lipinski definition) is 2. The maximum Gasteiger partial charge on any atom is 0.316 e. The summed E-state index contributed by atoms with van der Waals surface area (Å²) in [6, 6.07) is 15.2. The summed E-state index contributed by atoms with van der Waals surface area (Å²) >= 11 is 0. The molecule has 0 radical (unpaired) electrons. The van der Waals surface area contributed by atoms with Gasteiger partial charge in [-0.15, -0.1) is 0 Å². The van der Waals surface area contributed by atoms with Gasteiger partial charge in [0.2, 0.25) is 0 Å². The molecule has 0 saturated carbocycles. The monoisotopic (exact) mass is 284 g/mol. The fourth-order valence-electron chi connectivity index (χ4n) is 1.93. The molecule has 0 unspecified atom stereocenters. The molecule has 2 amide bonds. The lowest BCUT2D eigenvalue weighted by Gasteiger charge is -2.20. The van der Waals surface area contributed by atoms with Crippen LogP contribution in [0.25, 0.3) is 0 Å². The molecule has 0 aromatic heterocycles. The summed E-state index contributed by atoms with van der Waals surface area (Å²) in [6.07, 6.45) is 0. The molecular formula is C16H16N2O3. The van der Waals surface area contributed by atoms with E-state index in [9.17, 15) is 14.7 Å². The number of hydrogen-bond acceptors (Lipinski definition) is 3. The highest BCUT2D eigenvalue weighted by molar-refractivity contribution is 6.44. The van der Waals surface area contributed by atoms with Gasteiger partial charge in [-0.1, -0.05) is 30.3 Å². The van der Waals surface area contributed by atoms with E-state index in [2.05, 4.69) is 5.32 Å². The number of benzene rings is 2. The van der Waals surface area contributed by atoms with Crippen LogP contribution < -0.4 is 10.2 Å². The van der Waals surface area contributed by atoms with E-state index in [4.69, 9.17) is 0 Å². The summed E-state index contributed by atoms with van der Waals surface area (Å²) < 4.78 is 0. The molecule has 2 aromatic carbocycles. The molecule has 2 rings (SSSR count). The predicted octanol–water partition coefficient (Wildman–Crippen LogP) is 2.38. The largest absolute Gasteiger partial charge is 0.506 e. The first kappa shape index (κ1) is 14.6. The van der Waals surface area contributed by atoms with Crippen molar-refractivity contribution in [1.29, 1.82) is 0 Å². The minimum absolute atomic E-state index is 0.0820. The summed E-state index contributed by atoms with van der Waals surface area (Å²) in [4.78, 5) is 25.6. The molecular weight excluding hydrogens is 268 g/mol. The quantitative estimate of drug-likeness (QED) is 0.671. The van der Waals surface area contributed by atoms with Gasteiger partial charge in [0.1, 0.15) is 5.75 Å². The summed E-state index contributed by atoms with van der Waals surface area (Å²) in [5.74, 6) is -1.55. The van der Waals surface area contributed by atoms with Crippen molar-refractivity contribution in [3.05, 3.63) is 54.6 Å². The van der Waals surface area contributed by atoms with E-state index in [-0.39, 0.29) is 11.4 Å². The minimum atomic E-state index is -0.790. The molecule has 0 bridgehead atoms. The Hall–Kier alpha value is -2.82. The van der Waals surface area contributed by atoms with Crippen LogP contribution in [0.1, 0.15) is 6.92 Å². The first-order chi connectivity index (χ1) is 10.1. The SMILES string of the molecule is CCN(C(=O)C(=O)Nc1ccccc1O)c1ccccc1. The van der Waals surface area contributed by atoms with E-state index in [0.29, 0.717) is 12.2 Å².